The first-order valence-corrected chi connectivity index (χ1v) is 16.7. The molecule has 0 nitrogen and oxygen atoms in total. The van der Waals surface area contributed by atoms with E-state index in [9.17, 15) is 0 Å². The summed E-state index contributed by atoms with van der Waals surface area (Å²) in [5, 5.41) is 0. The van der Waals surface area contributed by atoms with Crippen LogP contribution in [-0.4, -0.2) is 0 Å². The topological polar surface area (TPSA) is 0 Å². The fourth-order valence-electron chi connectivity index (χ4n) is 10.4. The monoisotopic (exact) mass is 512 g/mol. The van der Waals surface area contributed by atoms with Crippen LogP contribution in [0.2, 0.25) is 0 Å². The Morgan fingerprint density at radius 1 is 0.526 bits per heavy atom. The van der Waals surface area contributed by atoms with Crippen LogP contribution in [-0.2, 0) is 10.8 Å². The van der Waals surface area contributed by atoms with Gasteiger partial charge in [-0.3, -0.25) is 0 Å². The molecular formula is C38H56. The van der Waals surface area contributed by atoms with E-state index in [2.05, 4.69) is 77.9 Å². The summed E-state index contributed by atoms with van der Waals surface area (Å²) >= 11 is 0. The third-order valence-electron chi connectivity index (χ3n) is 11.6. The molecule has 38 heavy (non-hydrogen) atoms. The van der Waals surface area contributed by atoms with Crippen LogP contribution in [0.5, 0.6) is 0 Å². The summed E-state index contributed by atoms with van der Waals surface area (Å²) in [7, 11) is 0. The minimum absolute atomic E-state index is 0.316. The van der Waals surface area contributed by atoms with Crippen LogP contribution in [0.3, 0.4) is 0 Å². The summed E-state index contributed by atoms with van der Waals surface area (Å²) in [6.45, 7) is 14.4. The van der Waals surface area contributed by atoms with Gasteiger partial charge in [-0.25, -0.2) is 0 Å². The van der Waals surface area contributed by atoms with E-state index in [-0.39, 0.29) is 0 Å². The standard InChI is InChI=1S/C38H56/c1-7-11-15-29-25-30(16-12-8-2)38-32(18-14-10-4)26-31(17-13-9-3)37(29,38)35-23-27(5)19-21-33(35)34-22-20-28(6)24-36(34)38/h19-24,29-32H,7-18,25-26H2,1-6H3. The van der Waals surface area contributed by atoms with Gasteiger partial charge in [0, 0.05) is 10.8 Å². The molecule has 2 aromatic rings. The molecule has 0 bridgehead atoms. The highest BCUT2D eigenvalue weighted by molar-refractivity contribution is 5.80. The van der Waals surface area contributed by atoms with Crippen LogP contribution in [0.25, 0.3) is 11.1 Å². The van der Waals surface area contributed by atoms with E-state index in [0.717, 1.165) is 23.7 Å². The molecule has 0 amide bonds. The van der Waals surface area contributed by atoms with Gasteiger partial charge in [0.15, 0.2) is 0 Å². The molecule has 3 aliphatic carbocycles. The van der Waals surface area contributed by atoms with Gasteiger partial charge in [-0.15, -0.1) is 0 Å². The van der Waals surface area contributed by atoms with E-state index in [4.69, 9.17) is 0 Å². The van der Waals surface area contributed by atoms with E-state index < -0.39 is 0 Å². The highest BCUT2D eigenvalue weighted by Crippen LogP contribution is 2.78. The van der Waals surface area contributed by atoms with Crippen LogP contribution in [0.4, 0.5) is 0 Å². The van der Waals surface area contributed by atoms with Gasteiger partial charge in [0.1, 0.15) is 0 Å². The molecule has 4 unspecified atom stereocenters. The number of unbranched alkanes of at least 4 members (excludes halogenated alkanes) is 4. The molecule has 0 heteroatoms. The van der Waals surface area contributed by atoms with E-state index in [1.54, 1.807) is 22.3 Å². The quantitative estimate of drug-likeness (QED) is 0.265. The Hall–Kier alpha value is -1.56. The third-order valence-corrected chi connectivity index (χ3v) is 11.6. The van der Waals surface area contributed by atoms with Crippen molar-refractivity contribution in [2.45, 2.75) is 142 Å². The van der Waals surface area contributed by atoms with Crippen molar-refractivity contribution >= 4 is 0 Å². The summed E-state index contributed by atoms with van der Waals surface area (Å²) in [4.78, 5) is 0. The molecule has 0 heterocycles. The fourth-order valence-corrected chi connectivity index (χ4v) is 10.4. The molecule has 2 aromatic carbocycles. The zero-order valence-electron chi connectivity index (χ0n) is 25.7. The van der Waals surface area contributed by atoms with Gasteiger partial charge in [-0.2, -0.15) is 0 Å². The van der Waals surface area contributed by atoms with E-state index in [1.807, 2.05) is 0 Å². The molecule has 3 aliphatic rings. The molecule has 0 N–H and O–H groups in total. The molecule has 0 aromatic heterocycles. The van der Waals surface area contributed by atoms with Gasteiger partial charge in [0.25, 0.3) is 0 Å². The van der Waals surface area contributed by atoms with E-state index in [0.29, 0.717) is 10.8 Å². The van der Waals surface area contributed by atoms with Gasteiger partial charge in [-0.1, -0.05) is 127 Å². The van der Waals surface area contributed by atoms with Gasteiger partial charge < -0.3 is 0 Å². The second-order valence-electron chi connectivity index (χ2n) is 13.7. The highest BCUT2D eigenvalue weighted by Gasteiger charge is 2.75. The van der Waals surface area contributed by atoms with Crippen LogP contribution in [0.1, 0.15) is 140 Å². The molecule has 0 aliphatic heterocycles. The van der Waals surface area contributed by atoms with Crippen molar-refractivity contribution in [3.05, 3.63) is 58.7 Å². The van der Waals surface area contributed by atoms with E-state index >= 15 is 0 Å². The average Bonchev–Trinajstić information content (AvgIpc) is 3.38. The first-order chi connectivity index (χ1) is 18.5. The maximum Gasteiger partial charge on any atom is 0.0118 e. The molecule has 4 atom stereocenters. The summed E-state index contributed by atoms with van der Waals surface area (Å²) in [6.07, 6.45) is 19.5. The predicted molar refractivity (Wildman–Crippen MR) is 166 cm³/mol. The van der Waals surface area contributed by atoms with Crippen molar-refractivity contribution in [2.24, 2.45) is 23.7 Å². The fraction of sp³-hybridized carbons (Fsp3) is 0.684. The van der Waals surface area contributed by atoms with Crippen LogP contribution < -0.4 is 0 Å². The maximum atomic E-state index is 2.70. The number of hydrogen-bond acceptors (Lipinski definition) is 0. The summed E-state index contributed by atoms with van der Waals surface area (Å²) in [5.41, 5.74) is 10.3. The van der Waals surface area contributed by atoms with Gasteiger partial charge in [0.2, 0.25) is 0 Å². The number of rotatable bonds is 12. The minimum atomic E-state index is 0.316. The lowest BCUT2D eigenvalue weighted by Gasteiger charge is -2.56. The van der Waals surface area contributed by atoms with Crippen molar-refractivity contribution in [1.29, 1.82) is 0 Å². The Labute approximate surface area is 235 Å². The lowest BCUT2D eigenvalue weighted by Crippen LogP contribution is -2.55. The second kappa shape index (κ2) is 11.5. The van der Waals surface area contributed by atoms with Crippen molar-refractivity contribution in [2.75, 3.05) is 0 Å². The number of aryl methyl sites for hydroxylation is 2. The Morgan fingerprint density at radius 3 is 1.13 bits per heavy atom. The SMILES string of the molecule is CCCCC1CC(CCCC)C23c4cc(C)ccc4-c4ccc(C)cc4C12C(CCCC)CC3CCCC. The number of benzene rings is 2. The molecule has 2 fully saturated rings. The largest absolute Gasteiger partial charge is 0.0654 e. The smallest absolute Gasteiger partial charge is 0.0118 e. The van der Waals surface area contributed by atoms with Crippen LogP contribution >= 0.6 is 0 Å². The maximum absolute atomic E-state index is 2.70. The molecule has 2 saturated carbocycles. The Balaban J connectivity index is 1.88. The first-order valence-electron chi connectivity index (χ1n) is 16.7. The molecule has 0 spiro atoms. The lowest BCUT2D eigenvalue weighted by molar-refractivity contribution is 0.113. The molecule has 0 saturated heterocycles. The second-order valence-corrected chi connectivity index (χ2v) is 13.7. The summed E-state index contributed by atoms with van der Waals surface area (Å²) in [6, 6.07) is 15.3. The molecule has 208 valence electrons. The van der Waals surface area contributed by atoms with Crippen molar-refractivity contribution in [3.8, 4) is 11.1 Å². The predicted octanol–water partition coefficient (Wildman–Crippen LogP) is 11.5. The van der Waals surface area contributed by atoms with Gasteiger partial charge in [-0.05, 0) is 98.3 Å². The van der Waals surface area contributed by atoms with Crippen LogP contribution in [0.15, 0.2) is 36.4 Å². The Morgan fingerprint density at radius 2 is 0.842 bits per heavy atom. The molecule has 0 radical (unpaired) electrons. The zero-order chi connectivity index (χ0) is 26.9. The lowest BCUT2D eigenvalue weighted by atomic mass is 9.46. The van der Waals surface area contributed by atoms with Crippen molar-refractivity contribution < 1.29 is 0 Å². The van der Waals surface area contributed by atoms with E-state index in [1.165, 1.54) is 101 Å². The normalized spacial score (nSPS) is 31.1. The average molecular weight is 513 g/mol. The zero-order valence-corrected chi connectivity index (χ0v) is 25.7. The van der Waals surface area contributed by atoms with Crippen molar-refractivity contribution in [3.63, 3.8) is 0 Å². The summed E-state index contributed by atoms with van der Waals surface area (Å²) in [5.74, 6) is 3.30. The third kappa shape index (κ3) is 4.06. The number of fused-ring (bicyclic) bond motifs is 3. The number of hydrogen-bond donors (Lipinski definition) is 0. The van der Waals surface area contributed by atoms with Crippen molar-refractivity contribution in [1.82, 2.24) is 0 Å². The Kier molecular flexibility index (Phi) is 8.47. The Bertz CT molecular complexity index is 974. The molecule has 5 rings (SSSR count). The minimum Gasteiger partial charge on any atom is -0.0654 e. The van der Waals surface area contributed by atoms with Gasteiger partial charge in [0.05, 0.1) is 0 Å². The first kappa shape index (κ1) is 28.0. The summed E-state index contributed by atoms with van der Waals surface area (Å²) < 4.78 is 0. The van der Waals surface area contributed by atoms with Gasteiger partial charge >= 0.3 is 0 Å². The highest BCUT2D eigenvalue weighted by atomic mass is 14.8. The van der Waals surface area contributed by atoms with Crippen LogP contribution in [0, 0.1) is 37.5 Å². The molecular weight excluding hydrogens is 456 g/mol.